The Morgan fingerprint density at radius 1 is 0.397 bits per heavy atom. The van der Waals surface area contributed by atoms with E-state index in [-0.39, 0.29) is 62.3 Å². The Morgan fingerprint density at radius 2 is 0.721 bits per heavy atom. The summed E-state index contributed by atoms with van der Waals surface area (Å²) >= 11 is 0. The molecule has 0 aliphatic carbocycles. The summed E-state index contributed by atoms with van der Waals surface area (Å²) in [6.45, 7) is 12.1. The van der Waals surface area contributed by atoms with E-state index >= 15 is 0 Å². The lowest BCUT2D eigenvalue weighted by atomic mass is 10.0. The van der Waals surface area contributed by atoms with E-state index in [9.17, 15) is 47.9 Å². The van der Waals surface area contributed by atoms with Gasteiger partial charge in [-0.05, 0) is 131 Å². The fraction of sp³-hybridized carbons (Fsp3) is 0.778. The third-order valence-corrected chi connectivity index (χ3v) is 10.9. The SMILES string of the molecule is CCCC(=O)NC(CCCCN)C(=O)NC(C)C(=O)NC(C)C(=O)NC(CCCCNC(=O)C(C)N)C(=O)NC(CCCCNC(=O)C(C)N)C(=O)NC(C)C(=O)NC(CCCCN)C(=O)CC. The van der Waals surface area contributed by atoms with E-state index in [1.165, 1.54) is 34.6 Å². The van der Waals surface area contributed by atoms with Crippen molar-refractivity contribution < 1.29 is 47.9 Å². The number of unbranched alkanes of at least 4 members (excludes halogenated alkanes) is 4. The Bertz CT molecular complexity index is 1620. The highest BCUT2D eigenvalue weighted by Crippen LogP contribution is 2.09. The first kappa shape index (κ1) is 62.7. The van der Waals surface area contributed by atoms with Crippen LogP contribution < -0.4 is 70.8 Å². The molecule has 390 valence electrons. The maximum atomic E-state index is 14.1. The minimum atomic E-state index is -1.26. The Kier molecular flexibility index (Phi) is 33.1. The summed E-state index contributed by atoms with van der Waals surface area (Å²) in [5.74, 6) is -5.42. The number of Topliss-reactive ketones (excluding diaryl/α,β-unsaturated/α-hetero) is 1. The summed E-state index contributed by atoms with van der Waals surface area (Å²) in [7, 11) is 0. The van der Waals surface area contributed by atoms with E-state index in [0.717, 1.165) is 0 Å². The molecule has 0 saturated carbocycles. The van der Waals surface area contributed by atoms with Gasteiger partial charge in [0.1, 0.15) is 36.3 Å². The average molecular weight is 968 g/mol. The molecule has 0 rings (SSSR count). The minimum Gasteiger partial charge on any atom is -0.355 e. The molecule has 9 amide bonds. The van der Waals surface area contributed by atoms with Gasteiger partial charge in [0.05, 0.1) is 18.1 Å². The van der Waals surface area contributed by atoms with Crippen molar-refractivity contribution in [1.82, 2.24) is 47.9 Å². The van der Waals surface area contributed by atoms with Crippen molar-refractivity contribution in [1.29, 1.82) is 0 Å². The lowest BCUT2D eigenvalue weighted by Crippen LogP contribution is -2.59. The third-order valence-electron chi connectivity index (χ3n) is 10.9. The van der Waals surface area contributed by atoms with Crippen LogP contribution in [0.5, 0.6) is 0 Å². The largest absolute Gasteiger partial charge is 0.355 e. The van der Waals surface area contributed by atoms with Gasteiger partial charge in [0.2, 0.25) is 53.2 Å². The molecule has 0 aromatic carbocycles. The van der Waals surface area contributed by atoms with Crippen LogP contribution in [-0.2, 0) is 47.9 Å². The van der Waals surface area contributed by atoms with Gasteiger partial charge in [-0.15, -0.1) is 0 Å². The summed E-state index contributed by atoms with van der Waals surface area (Å²) in [5.41, 5.74) is 22.5. The van der Waals surface area contributed by atoms with Crippen molar-refractivity contribution in [2.24, 2.45) is 22.9 Å². The van der Waals surface area contributed by atoms with Crippen LogP contribution in [0.3, 0.4) is 0 Å². The van der Waals surface area contributed by atoms with Crippen molar-refractivity contribution >= 4 is 58.9 Å². The Balaban J connectivity index is 6.30. The number of ketones is 1. The molecular formula is C45H85N13O10. The van der Waals surface area contributed by atoms with Gasteiger partial charge in [-0.1, -0.05) is 13.8 Å². The van der Waals surface area contributed by atoms with E-state index in [0.29, 0.717) is 83.7 Å². The number of amides is 9. The lowest BCUT2D eigenvalue weighted by Gasteiger charge is -2.26. The van der Waals surface area contributed by atoms with Crippen LogP contribution in [0.15, 0.2) is 0 Å². The first-order valence-electron chi connectivity index (χ1n) is 24.2. The molecule has 9 unspecified atom stereocenters. The van der Waals surface area contributed by atoms with Crippen LogP contribution >= 0.6 is 0 Å². The molecule has 17 N–H and O–H groups in total. The van der Waals surface area contributed by atoms with Crippen LogP contribution in [0.25, 0.3) is 0 Å². The van der Waals surface area contributed by atoms with Gasteiger partial charge in [0.15, 0.2) is 5.78 Å². The van der Waals surface area contributed by atoms with Gasteiger partial charge in [-0.25, -0.2) is 0 Å². The second-order valence-corrected chi connectivity index (χ2v) is 17.3. The van der Waals surface area contributed by atoms with Crippen molar-refractivity contribution in [3.8, 4) is 0 Å². The van der Waals surface area contributed by atoms with Crippen LogP contribution in [0.2, 0.25) is 0 Å². The van der Waals surface area contributed by atoms with Crippen molar-refractivity contribution in [3.05, 3.63) is 0 Å². The monoisotopic (exact) mass is 968 g/mol. The van der Waals surface area contributed by atoms with Gasteiger partial charge in [-0.2, -0.15) is 0 Å². The fourth-order valence-electron chi connectivity index (χ4n) is 6.57. The number of carbonyl (C=O) groups excluding carboxylic acids is 10. The number of rotatable bonds is 37. The predicted octanol–water partition coefficient (Wildman–Crippen LogP) is -2.26. The number of hydrogen-bond donors (Lipinski definition) is 13. The normalized spacial score (nSPS) is 15.0. The minimum absolute atomic E-state index is 0.0293. The highest BCUT2D eigenvalue weighted by Gasteiger charge is 2.31. The Morgan fingerprint density at radius 3 is 1.10 bits per heavy atom. The molecular weight excluding hydrogens is 883 g/mol. The van der Waals surface area contributed by atoms with Gasteiger partial charge in [0, 0.05) is 25.9 Å². The smallest absolute Gasteiger partial charge is 0.243 e. The molecule has 9 atom stereocenters. The molecule has 0 saturated heterocycles. The molecule has 23 nitrogen and oxygen atoms in total. The predicted molar refractivity (Wildman–Crippen MR) is 258 cm³/mol. The van der Waals surface area contributed by atoms with E-state index in [1.807, 2.05) is 6.92 Å². The van der Waals surface area contributed by atoms with E-state index in [4.69, 9.17) is 22.9 Å². The molecule has 0 heterocycles. The van der Waals surface area contributed by atoms with E-state index < -0.39 is 89.8 Å². The number of carbonyl (C=O) groups is 10. The van der Waals surface area contributed by atoms with E-state index in [1.54, 1.807) is 6.92 Å². The molecule has 23 heteroatoms. The maximum absolute atomic E-state index is 14.1. The fourth-order valence-corrected chi connectivity index (χ4v) is 6.57. The van der Waals surface area contributed by atoms with Gasteiger partial charge >= 0.3 is 0 Å². The average Bonchev–Trinajstić information content (AvgIpc) is 3.28. The van der Waals surface area contributed by atoms with Crippen molar-refractivity contribution in [2.45, 2.75) is 199 Å². The highest BCUT2D eigenvalue weighted by atomic mass is 16.2. The zero-order valence-corrected chi connectivity index (χ0v) is 41.5. The van der Waals surface area contributed by atoms with Crippen LogP contribution in [0.4, 0.5) is 0 Å². The summed E-state index contributed by atoms with van der Waals surface area (Å²) < 4.78 is 0. The van der Waals surface area contributed by atoms with Crippen LogP contribution in [0.1, 0.15) is 145 Å². The number of nitrogens with one attached hydrogen (secondary N) is 9. The zero-order chi connectivity index (χ0) is 51.8. The second-order valence-electron chi connectivity index (χ2n) is 17.3. The molecule has 0 aliphatic heterocycles. The molecule has 0 spiro atoms. The molecule has 0 fully saturated rings. The number of hydrogen-bond acceptors (Lipinski definition) is 14. The summed E-state index contributed by atoms with van der Waals surface area (Å²) in [4.78, 5) is 130. The summed E-state index contributed by atoms with van der Waals surface area (Å²) in [5, 5.41) is 23.9. The quantitative estimate of drug-likeness (QED) is 0.0293. The topological polar surface area (TPSA) is 383 Å². The number of nitrogens with two attached hydrogens (primary N) is 4. The maximum Gasteiger partial charge on any atom is 0.243 e. The molecule has 0 aromatic rings. The molecule has 0 bridgehead atoms. The van der Waals surface area contributed by atoms with Crippen molar-refractivity contribution in [2.75, 3.05) is 26.2 Å². The van der Waals surface area contributed by atoms with Crippen LogP contribution in [0, 0.1) is 0 Å². The van der Waals surface area contributed by atoms with Crippen molar-refractivity contribution in [3.63, 3.8) is 0 Å². The zero-order valence-electron chi connectivity index (χ0n) is 41.5. The second kappa shape index (κ2) is 35.8. The van der Waals surface area contributed by atoms with Gasteiger partial charge in [-0.3, -0.25) is 47.9 Å². The summed E-state index contributed by atoms with van der Waals surface area (Å²) in [6, 6.07) is -9.15. The first-order valence-corrected chi connectivity index (χ1v) is 24.2. The van der Waals surface area contributed by atoms with Gasteiger partial charge < -0.3 is 70.8 Å². The van der Waals surface area contributed by atoms with E-state index in [2.05, 4.69) is 47.9 Å². The van der Waals surface area contributed by atoms with Gasteiger partial charge in [0.25, 0.3) is 0 Å². The van der Waals surface area contributed by atoms with Crippen LogP contribution in [-0.4, -0.2) is 140 Å². The Labute approximate surface area is 402 Å². The Hall–Kier alpha value is -5.26. The standard InChI is InChI=1S/C45H85N13O10/c1-8-18-37(60)55-33(20-11-15-24-47)43(66)53-29(5)40(63)52-30(6)42(65)57-35(22-13-17-26-51-39(62)28(4)49)45(68)58-34(21-12-16-25-50-38(61)27(3)48)44(67)54-31(7)41(64)56-32(36(59)9-2)19-10-14-23-46/h27-35H,8-26,46-49H2,1-7H3,(H,50,61)(H,51,62)(H,52,63)(H,53,66)(H,54,67)(H,55,60)(H,56,64)(H,57,65)(H,58,68). The molecule has 0 aromatic heterocycles. The molecule has 0 aliphatic rings. The molecule has 68 heavy (non-hydrogen) atoms. The highest BCUT2D eigenvalue weighted by molar-refractivity contribution is 5.97. The molecule has 0 radical (unpaired) electrons. The lowest BCUT2D eigenvalue weighted by molar-refractivity contribution is -0.135. The third kappa shape index (κ3) is 26.9. The summed E-state index contributed by atoms with van der Waals surface area (Å²) in [6.07, 6.45) is 5.57. The first-order chi connectivity index (χ1) is 32.1.